The summed E-state index contributed by atoms with van der Waals surface area (Å²) in [6.45, 7) is 29.6. The van der Waals surface area contributed by atoms with Gasteiger partial charge in [-0.05, 0) is 0 Å². The molecule has 1 aromatic rings. The van der Waals surface area contributed by atoms with Gasteiger partial charge >= 0.3 is 103 Å². The van der Waals surface area contributed by atoms with E-state index < -0.39 is 16.1 Å². The largest absolute Gasteiger partial charge is 1.00 e. The zero-order valence-electron chi connectivity index (χ0n) is 22.9. The summed E-state index contributed by atoms with van der Waals surface area (Å²) >= 11 is 0. The summed E-state index contributed by atoms with van der Waals surface area (Å²) in [6.07, 6.45) is 0. The Morgan fingerprint density at radius 3 is 1.27 bits per heavy atom. The summed E-state index contributed by atoms with van der Waals surface area (Å²) in [5.74, 6) is 0. The van der Waals surface area contributed by atoms with Gasteiger partial charge in [0.2, 0.25) is 0 Å². The fourth-order valence-corrected chi connectivity index (χ4v) is 20.7. The average Bonchev–Trinajstić information content (AvgIpc) is 2.50. The van der Waals surface area contributed by atoms with E-state index in [1.165, 1.54) is 0 Å². The van der Waals surface area contributed by atoms with E-state index in [9.17, 15) is 0 Å². The summed E-state index contributed by atoms with van der Waals surface area (Å²) in [5.41, 5.74) is 4.45. The molecule has 0 bridgehead atoms. The summed E-state index contributed by atoms with van der Waals surface area (Å²) in [6, 6.07) is 14.6. The summed E-state index contributed by atoms with van der Waals surface area (Å²) in [7, 11) is -3.28. The molecule has 4 heteroatoms. The normalized spacial score (nSPS) is 12.6. The molecular formula is C26H48K2Si2. The van der Waals surface area contributed by atoms with E-state index in [4.69, 9.17) is 0 Å². The molecule has 0 saturated carbocycles. The van der Waals surface area contributed by atoms with Crippen LogP contribution in [0.4, 0.5) is 0 Å². The van der Waals surface area contributed by atoms with Crippen molar-refractivity contribution in [2.75, 3.05) is 0 Å². The third-order valence-electron chi connectivity index (χ3n) is 7.84. The minimum absolute atomic E-state index is 0. The Balaban J connectivity index is 0. The Labute approximate surface area is 277 Å². The van der Waals surface area contributed by atoms with Crippen molar-refractivity contribution in [3.8, 4) is 0 Å². The van der Waals surface area contributed by atoms with E-state index in [0.717, 1.165) is 33.2 Å². The van der Waals surface area contributed by atoms with Crippen LogP contribution in [0.2, 0.25) is 33.2 Å². The molecule has 0 aliphatic heterocycles. The maximum Gasteiger partial charge on any atom is 1.00 e. The van der Waals surface area contributed by atoms with Crippen LogP contribution in [-0.4, -0.2) is 16.1 Å². The van der Waals surface area contributed by atoms with Crippen molar-refractivity contribution in [3.63, 3.8) is 0 Å². The Hall–Kier alpha value is 2.67. The minimum Gasteiger partial charge on any atom is -0.267 e. The van der Waals surface area contributed by atoms with E-state index in [0.29, 0.717) is 0 Å². The number of hydrogen-bond donors (Lipinski definition) is 0. The molecule has 1 rings (SSSR count). The first-order valence-electron chi connectivity index (χ1n) is 11.6. The van der Waals surface area contributed by atoms with Crippen LogP contribution in [0.5, 0.6) is 0 Å². The van der Waals surface area contributed by atoms with Crippen LogP contribution in [-0.2, 0) is 0 Å². The van der Waals surface area contributed by atoms with Crippen molar-refractivity contribution in [1.29, 1.82) is 0 Å². The van der Waals surface area contributed by atoms with E-state index >= 15 is 0 Å². The molecule has 0 aromatic heterocycles. The third kappa shape index (κ3) is 6.87. The second kappa shape index (κ2) is 14.9. The molecule has 0 atom stereocenters. The molecule has 0 N–H and O–H groups in total. The molecule has 0 radical (unpaired) electrons. The van der Waals surface area contributed by atoms with Gasteiger partial charge in [-0.3, -0.25) is 11.3 Å². The molecule has 0 saturated heterocycles. The topological polar surface area (TPSA) is 0 Å². The van der Waals surface area contributed by atoms with E-state index in [1.54, 1.807) is 10.4 Å². The van der Waals surface area contributed by atoms with Gasteiger partial charge in [-0.1, -0.05) is 116 Å². The quantitative estimate of drug-likeness (QED) is 0.383. The molecule has 0 aliphatic carbocycles. The molecule has 0 aliphatic rings. The summed E-state index contributed by atoms with van der Waals surface area (Å²) in [5, 5.41) is 3.29. The maximum absolute atomic E-state index is 2.55. The zero-order chi connectivity index (χ0) is 21.9. The number of rotatable bonds is 8. The first kappa shape index (κ1) is 34.8. The fourth-order valence-electron chi connectivity index (χ4n) is 7.19. The smallest absolute Gasteiger partial charge is 0.267 e. The van der Waals surface area contributed by atoms with Crippen LogP contribution < -0.4 is 113 Å². The molecule has 0 heterocycles. The standard InChI is InChI=1S/C26H48Si2.2K/c1-19(2)27(20(3)4,21(5)6)25-15-13-14-16-26(18-17-25)28(22(7)8,23(9)10)24(11)12;;/h13-24H,1-12H3;;/q-2;2*+1. The molecule has 162 valence electrons. The van der Waals surface area contributed by atoms with Crippen LogP contribution in [0.1, 0.15) is 83.1 Å². The molecule has 1 aromatic carbocycles. The maximum atomic E-state index is 2.55. The van der Waals surface area contributed by atoms with Gasteiger partial charge in [0, 0.05) is 16.1 Å². The Morgan fingerprint density at radius 1 is 0.567 bits per heavy atom. The third-order valence-corrected chi connectivity index (χ3v) is 22.0. The number of hydrogen-bond acceptors (Lipinski definition) is 0. The van der Waals surface area contributed by atoms with E-state index in [1.807, 2.05) is 0 Å². The van der Waals surface area contributed by atoms with E-state index in [2.05, 4.69) is 119 Å². The Kier molecular flexibility index (Phi) is 17.3. The van der Waals surface area contributed by atoms with Crippen molar-refractivity contribution in [2.45, 2.75) is 116 Å². The SMILES string of the molecule is CC(C)[Si](c1cc[cH-]cc([Si](C(C)C)(C(C)C)C(C)C)[cH-]c1)(C(C)C)C(C)C.[K+].[K+]. The second-order valence-corrected chi connectivity index (χ2v) is 22.6. The van der Waals surface area contributed by atoms with Gasteiger partial charge < -0.3 is 0 Å². The van der Waals surface area contributed by atoms with Crippen LogP contribution in [0.25, 0.3) is 0 Å². The Morgan fingerprint density at radius 2 is 0.933 bits per heavy atom. The van der Waals surface area contributed by atoms with Crippen molar-refractivity contribution in [2.24, 2.45) is 0 Å². The van der Waals surface area contributed by atoms with Gasteiger partial charge in [-0.25, -0.2) is 23.4 Å². The van der Waals surface area contributed by atoms with Gasteiger partial charge in [0.15, 0.2) is 0 Å². The average molecular weight is 495 g/mol. The van der Waals surface area contributed by atoms with Gasteiger partial charge in [0.05, 0.1) is 0 Å². The molecular weight excluding hydrogens is 447 g/mol. The predicted octanol–water partition coefficient (Wildman–Crippen LogP) is 2.03. The van der Waals surface area contributed by atoms with Crippen molar-refractivity contribution >= 4 is 26.5 Å². The Bertz CT molecular complexity index is 550. The summed E-state index contributed by atoms with van der Waals surface area (Å²) in [4.78, 5) is 0. The van der Waals surface area contributed by atoms with Crippen LogP contribution in [0.15, 0.2) is 36.4 Å². The molecule has 0 amide bonds. The monoisotopic (exact) mass is 494 g/mol. The minimum atomic E-state index is -1.64. The molecule has 0 spiro atoms. The van der Waals surface area contributed by atoms with Crippen LogP contribution in [0.3, 0.4) is 0 Å². The molecule has 0 fully saturated rings. The predicted molar refractivity (Wildman–Crippen MR) is 137 cm³/mol. The molecule has 0 nitrogen and oxygen atoms in total. The van der Waals surface area contributed by atoms with Crippen molar-refractivity contribution in [3.05, 3.63) is 36.4 Å². The van der Waals surface area contributed by atoms with Gasteiger partial charge in [-0.15, -0.1) is 0 Å². The molecule has 0 unspecified atom stereocenters. The summed E-state index contributed by atoms with van der Waals surface area (Å²) < 4.78 is 0. The zero-order valence-corrected chi connectivity index (χ0v) is 31.2. The van der Waals surface area contributed by atoms with E-state index in [-0.39, 0.29) is 103 Å². The first-order chi connectivity index (χ1) is 12.9. The molecule has 30 heavy (non-hydrogen) atoms. The van der Waals surface area contributed by atoms with Gasteiger partial charge in [0.1, 0.15) is 0 Å². The van der Waals surface area contributed by atoms with Crippen molar-refractivity contribution < 1.29 is 103 Å². The van der Waals surface area contributed by atoms with Gasteiger partial charge in [0.25, 0.3) is 0 Å². The fraction of sp³-hybridized carbons (Fsp3) is 0.692. The van der Waals surface area contributed by atoms with Crippen molar-refractivity contribution in [1.82, 2.24) is 0 Å². The van der Waals surface area contributed by atoms with Crippen LogP contribution >= 0.6 is 0 Å². The first-order valence-corrected chi connectivity index (χ1v) is 16.1. The second-order valence-electron chi connectivity index (χ2n) is 10.8. The van der Waals surface area contributed by atoms with Gasteiger partial charge in [-0.2, -0.15) is 12.1 Å². The van der Waals surface area contributed by atoms with Crippen LogP contribution in [0, 0.1) is 0 Å².